The van der Waals surface area contributed by atoms with Crippen molar-refractivity contribution in [2.45, 2.75) is 59.0 Å². The fourth-order valence-electron chi connectivity index (χ4n) is 3.27. The van der Waals surface area contributed by atoms with Gasteiger partial charge in [0.2, 0.25) is 0 Å². The fraction of sp³-hybridized carbons (Fsp3) is 0.632. The molecule has 0 heterocycles. The van der Waals surface area contributed by atoms with E-state index in [1.807, 2.05) is 6.07 Å². The Bertz CT molecular complexity index is 518. The monoisotopic (exact) mass is 318 g/mol. The second kappa shape index (κ2) is 8.34. The van der Waals surface area contributed by atoms with E-state index in [1.54, 1.807) is 0 Å². The number of hydrogen-bond acceptors (Lipinski definition) is 3. The van der Waals surface area contributed by atoms with E-state index in [9.17, 15) is 4.79 Å². The van der Waals surface area contributed by atoms with Crippen LogP contribution in [0, 0.1) is 0 Å². The summed E-state index contributed by atoms with van der Waals surface area (Å²) in [7, 11) is 0. The highest BCUT2D eigenvalue weighted by molar-refractivity contribution is 5.77. The van der Waals surface area contributed by atoms with Gasteiger partial charge in [0.1, 0.15) is 5.75 Å². The molecule has 1 aromatic rings. The highest BCUT2D eigenvalue weighted by Gasteiger charge is 2.14. The third-order valence-corrected chi connectivity index (χ3v) is 4.46. The quantitative estimate of drug-likeness (QED) is 0.801. The summed E-state index contributed by atoms with van der Waals surface area (Å²) in [6.45, 7) is 10.3. The van der Waals surface area contributed by atoms with Crippen LogP contribution in [-0.4, -0.2) is 42.6 Å². The molecule has 0 aromatic heterocycles. The largest absolute Gasteiger partial charge is 0.484 e. The zero-order chi connectivity index (χ0) is 16.8. The SMILES string of the molecule is CC(C)N(CCNC(=O)COc1ccc2c(c1)CCC2)C(C)C. The van der Waals surface area contributed by atoms with Crippen LogP contribution < -0.4 is 10.1 Å². The van der Waals surface area contributed by atoms with Crippen molar-refractivity contribution in [1.29, 1.82) is 0 Å². The average Bonchev–Trinajstić information content (AvgIpc) is 2.96. The predicted octanol–water partition coefficient (Wildman–Crippen LogP) is 2.79. The topological polar surface area (TPSA) is 41.6 Å². The lowest BCUT2D eigenvalue weighted by Gasteiger charge is -2.30. The van der Waals surface area contributed by atoms with E-state index in [2.05, 4.69) is 50.0 Å². The van der Waals surface area contributed by atoms with Crippen LogP contribution in [0.4, 0.5) is 0 Å². The van der Waals surface area contributed by atoms with E-state index < -0.39 is 0 Å². The molecule has 0 saturated carbocycles. The molecule has 2 rings (SSSR count). The molecule has 128 valence electrons. The minimum Gasteiger partial charge on any atom is -0.484 e. The highest BCUT2D eigenvalue weighted by atomic mass is 16.5. The van der Waals surface area contributed by atoms with E-state index in [-0.39, 0.29) is 12.5 Å². The molecular formula is C19H30N2O2. The molecule has 0 spiro atoms. The van der Waals surface area contributed by atoms with Crippen LogP contribution in [0.1, 0.15) is 45.2 Å². The summed E-state index contributed by atoms with van der Waals surface area (Å²) in [6, 6.07) is 7.13. The van der Waals surface area contributed by atoms with Gasteiger partial charge in [0.15, 0.2) is 6.61 Å². The van der Waals surface area contributed by atoms with Crippen molar-refractivity contribution in [1.82, 2.24) is 10.2 Å². The molecule has 23 heavy (non-hydrogen) atoms. The molecule has 4 heteroatoms. The summed E-state index contributed by atoms with van der Waals surface area (Å²) >= 11 is 0. The van der Waals surface area contributed by atoms with Crippen molar-refractivity contribution in [3.8, 4) is 5.75 Å². The molecule has 0 fully saturated rings. The van der Waals surface area contributed by atoms with E-state index in [0.29, 0.717) is 18.6 Å². The average molecular weight is 318 g/mol. The third-order valence-electron chi connectivity index (χ3n) is 4.46. The van der Waals surface area contributed by atoms with Crippen molar-refractivity contribution in [3.63, 3.8) is 0 Å². The summed E-state index contributed by atoms with van der Waals surface area (Å²) < 4.78 is 5.62. The van der Waals surface area contributed by atoms with Gasteiger partial charge in [0.25, 0.3) is 5.91 Å². The number of nitrogens with one attached hydrogen (secondary N) is 1. The standard InChI is InChI=1S/C19H30N2O2/c1-14(2)21(15(3)4)11-10-20-19(22)13-23-18-9-8-16-6-5-7-17(16)12-18/h8-9,12,14-15H,5-7,10-11,13H2,1-4H3,(H,20,22). The predicted molar refractivity (Wildman–Crippen MR) is 93.9 cm³/mol. The number of ether oxygens (including phenoxy) is 1. The van der Waals surface area contributed by atoms with Crippen molar-refractivity contribution in [3.05, 3.63) is 29.3 Å². The molecule has 0 aliphatic heterocycles. The van der Waals surface area contributed by atoms with Gasteiger partial charge in [-0.25, -0.2) is 0 Å². The maximum absolute atomic E-state index is 11.9. The van der Waals surface area contributed by atoms with Crippen LogP contribution in [0.3, 0.4) is 0 Å². The maximum atomic E-state index is 11.9. The molecule has 0 saturated heterocycles. The lowest BCUT2D eigenvalue weighted by Crippen LogP contribution is -2.43. The Labute approximate surface area is 140 Å². The maximum Gasteiger partial charge on any atom is 0.257 e. The second-order valence-corrected chi connectivity index (χ2v) is 6.85. The van der Waals surface area contributed by atoms with Gasteiger partial charge in [0, 0.05) is 25.2 Å². The smallest absolute Gasteiger partial charge is 0.257 e. The van der Waals surface area contributed by atoms with E-state index in [4.69, 9.17) is 4.74 Å². The lowest BCUT2D eigenvalue weighted by molar-refractivity contribution is -0.123. The number of carbonyl (C=O) groups excluding carboxylic acids is 1. The zero-order valence-electron chi connectivity index (χ0n) is 14.9. The van der Waals surface area contributed by atoms with Gasteiger partial charge in [-0.2, -0.15) is 0 Å². The Morgan fingerprint density at radius 1 is 1.17 bits per heavy atom. The number of amides is 1. The van der Waals surface area contributed by atoms with Gasteiger partial charge < -0.3 is 10.1 Å². The first-order valence-electron chi connectivity index (χ1n) is 8.74. The van der Waals surface area contributed by atoms with Crippen LogP contribution in [0.15, 0.2) is 18.2 Å². The first-order chi connectivity index (χ1) is 11.0. The number of rotatable bonds is 8. The number of hydrogen-bond donors (Lipinski definition) is 1. The minimum atomic E-state index is -0.0574. The van der Waals surface area contributed by atoms with Crippen molar-refractivity contribution in [2.75, 3.05) is 19.7 Å². The van der Waals surface area contributed by atoms with Crippen LogP contribution in [0.25, 0.3) is 0 Å². The summed E-state index contributed by atoms with van der Waals surface area (Å²) in [4.78, 5) is 14.3. The van der Waals surface area contributed by atoms with Gasteiger partial charge in [-0.3, -0.25) is 9.69 Å². The summed E-state index contributed by atoms with van der Waals surface area (Å²) in [5, 5.41) is 2.94. The Morgan fingerprint density at radius 3 is 2.57 bits per heavy atom. The molecule has 1 aliphatic carbocycles. The molecule has 1 amide bonds. The zero-order valence-corrected chi connectivity index (χ0v) is 14.9. The third kappa shape index (κ3) is 5.24. The first-order valence-corrected chi connectivity index (χ1v) is 8.74. The van der Waals surface area contributed by atoms with Gasteiger partial charge >= 0.3 is 0 Å². The van der Waals surface area contributed by atoms with Crippen LogP contribution >= 0.6 is 0 Å². The summed E-state index contributed by atoms with van der Waals surface area (Å²) in [5.74, 6) is 0.741. The van der Waals surface area contributed by atoms with E-state index in [0.717, 1.165) is 25.1 Å². The number of nitrogens with zero attached hydrogens (tertiary/aromatic N) is 1. The number of benzene rings is 1. The summed E-state index contributed by atoms with van der Waals surface area (Å²) in [5.41, 5.74) is 2.79. The Hall–Kier alpha value is -1.55. The van der Waals surface area contributed by atoms with Gasteiger partial charge in [0.05, 0.1) is 0 Å². The first kappa shape index (κ1) is 17.8. The van der Waals surface area contributed by atoms with Crippen molar-refractivity contribution >= 4 is 5.91 Å². The molecule has 1 aliphatic rings. The molecule has 4 nitrogen and oxygen atoms in total. The van der Waals surface area contributed by atoms with Crippen LogP contribution in [0.2, 0.25) is 0 Å². The second-order valence-electron chi connectivity index (χ2n) is 6.85. The van der Waals surface area contributed by atoms with Crippen LogP contribution in [0.5, 0.6) is 5.75 Å². The van der Waals surface area contributed by atoms with Crippen LogP contribution in [-0.2, 0) is 17.6 Å². The Morgan fingerprint density at radius 2 is 1.87 bits per heavy atom. The van der Waals surface area contributed by atoms with E-state index >= 15 is 0 Å². The number of aryl methyl sites for hydroxylation is 2. The normalized spacial score (nSPS) is 13.7. The summed E-state index contributed by atoms with van der Waals surface area (Å²) in [6.07, 6.45) is 3.51. The minimum absolute atomic E-state index is 0.0574. The van der Waals surface area contributed by atoms with Gasteiger partial charge in [-0.1, -0.05) is 6.07 Å². The molecule has 0 bridgehead atoms. The van der Waals surface area contributed by atoms with Gasteiger partial charge in [-0.05, 0) is 70.2 Å². The fourth-order valence-corrected chi connectivity index (χ4v) is 3.27. The molecule has 1 aromatic carbocycles. The van der Waals surface area contributed by atoms with E-state index in [1.165, 1.54) is 17.5 Å². The molecule has 0 unspecified atom stereocenters. The Balaban J connectivity index is 1.71. The van der Waals surface area contributed by atoms with Crippen molar-refractivity contribution < 1.29 is 9.53 Å². The van der Waals surface area contributed by atoms with Gasteiger partial charge in [-0.15, -0.1) is 0 Å². The molecule has 0 atom stereocenters. The Kier molecular flexibility index (Phi) is 6.46. The number of fused-ring (bicyclic) bond motifs is 1. The van der Waals surface area contributed by atoms with Crippen molar-refractivity contribution in [2.24, 2.45) is 0 Å². The molecule has 1 N–H and O–H groups in total. The molecule has 0 radical (unpaired) electrons. The lowest BCUT2D eigenvalue weighted by atomic mass is 10.1. The molecular weight excluding hydrogens is 288 g/mol. The highest BCUT2D eigenvalue weighted by Crippen LogP contribution is 2.25. The number of carbonyl (C=O) groups is 1.